The molecule has 6 heteroatoms. The third kappa shape index (κ3) is 4.22. The molecule has 6 nitrogen and oxygen atoms in total. The molecular weight excluding hydrogens is 404 g/mol. The molecule has 2 aromatic rings. The minimum Gasteiger partial charge on any atom is -0.497 e. The van der Waals surface area contributed by atoms with Gasteiger partial charge in [0.2, 0.25) is 5.91 Å². The molecule has 2 amide bonds. The van der Waals surface area contributed by atoms with Crippen molar-refractivity contribution < 1.29 is 19.1 Å². The molecule has 2 fully saturated rings. The molecule has 0 aromatic heterocycles. The first-order valence-electron chi connectivity index (χ1n) is 11.2. The minimum atomic E-state index is -1.08. The fraction of sp³-hybridized carbons (Fsp3) is 0.385. The van der Waals surface area contributed by atoms with E-state index >= 15 is 0 Å². The highest BCUT2D eigenvalue weighted by Crippen LogP contribution is 2.40. The topological polar surface area (TPSA) is 67.9 Å². The van der Waals surface area contributed by atoms with Crippen molar-refractivity contribution in [1.29, 1.82) is 0 Å². The number of ether oxygens (including phenoxy) is 2. The van der Waals surface area contributed by atoms with E-state index in [4.69, 9.17) is 9.47 Å². The molecule has 1 saturated heterocycles. The largest absolute Gasteiger partial charge is 0.497 e. The Balaban J connectivity index is 1.69. The third-order valence-corrected chi connectivity index (χ3v) is 6.41. The summed E-state index contributed by atoms with van der Waals surface area (Å²) in [7, 11) is 3.22. The number of amides is 2. The van der Waals surface area contributed by atoms with Crippen LogP contribution in [-0.4, -0.2) is 37.6 Å². The molecule has 0 bridgehead atoms. The van der Waals surface area contributed by atoms with Crippen molar-refractivity contribution in [3.8, 4) is 11.5 Å². The lowest BCUT2D eigenvalue weighted by atomic mass is 9.80. The highest BCUT2D eigenvalue weighted by molar-refractivity contribution is 6.15. The smallest absolute Gasteiger partial charge is 0.251 e. The van der Waals surface area contributed by atoms with E-state index in [1.54, 1.807) is 31.3 Å². The molecule has 168 valence electrons. The first-order valence-corrected chi connectivity index (χ1v) is 11.2. The summed E-state index contributed by atoms with van der Waals surface area (Å²) in [5, 5.41) is 3.23. The number of hydrogen-bond acceptors (Lipinski definition) is 4. The molecule has 0 radical (unpaired) electrons. The predicted molar refractivity (Wildman–Crippen MR) is 125 cm³/mol. The summed E-state index contributed by atoms with van der Waals surface area (Å²) >= 11 is 0. The van der Waals surface area contributed by atoms with Gasteiger partial charge in [-0.25, -0.2) is 0 Å². The molecule has 1 aliphatic heterocycles. The molecule has 0 spiro atoms. The summed E-state index contributed by atoms with van der Waals surface area (Å²) < 4.78 is 10.7. The van der Waals surface area contributed by atoms with Gasteiger partial charge in [-0.3, -0.25) is 14.5 Å². The number of para-hydroxylation sites is 1. The second kappa shape index (κ2) is 9.47. The Kier molecular flexibility index (Phi) is 6.49. The summed E-state index contributed by atoms with van der Waals surface area (Å²) in [5.41, 5.74) is 0.448. The fourth-order valence-electron chi connectivity index (χ4n) is 4.61. The van der Waals surface area contributed by atoms with Gasteiger partial charge in [0.05, 0.1) is 20.6 Å². The number of carbonyl (C=O) groups excluding carboxylic acids is 2. The van der Waals surface area contributed by atoms with Gasteiger partial charge in [-0.05, 0) is 49.2 Å². The summed E-state index contributed by atoms with van der Waals surface area (Å²) in [6.45, 7) is 0. The van der Waals surface area contributed by atoms with Crippen molar-refractivity contribution >= 4 is 23.6 Å². The van der Waals surface area contributed by atoms with Crippen LogP contribution in [0.25, 0.3) is 6.08 Å². The Hall–Kier alpha value is -3.28. The minimum absolute atomic E-state index is 0.0846. The number of methoxy groups -OCH3 is 2. The quantitative estimate of drug-likeness (QED) is 0.658. The number of β-lactam (4-membered cyclic amide) rings is 1. The van der Waals surface area contributed by atoms with Crippen LogP contribution in [0, 0.1) is 0 Å². The summed E-state index contributed by atoms with van der Waals surface area (Å²) in [6.07, 6.45) is 9.26. The summed E-state index contributed by atoms with van der Waals surface area (Å²) in [6, 6.07) is 15.0. The molecule has 1 heterocycles. The van der Waals surface area contributed by atoms with Gasteiger partial charge in [0.15, 0.2) is 5.54 Å². The summed E-state index contributed by atoms with van der Waals surface area (Å²) in [5.74, 6) is 1.20. The summed E-state index contributed by atoms with van der Waals surface area (Å²) in [4.78, 5) is 28.0. The monoisotopic (exact) mass is 434 g/mol. The first-order chi connectivity index (χ1) is 15.6. The van der Waals surface area contributed by atoms with Gasteiger partial charge in [0, 0.05) is 17.3 Å². The SMILES string of the molecule is COc1ccc(N2C(=O)CC2(/C=C/c2ccccc2OC)C(=O)NC2CCCCC2)cc1. The normalized spacial score (nSPS) is 21.3. The Morgan fingerprint density at radius 2 is 1.75 bits per heavy atom. The molecule has 1 saturated carbocycles. The van der Waals surface area contributed by atoms with Crippen LogP contribution in [0.4, 0.5) is 5.69 Å². The van der Waals surface area contributed by atoms with Crippen LogP contribution in [0.2, 0.25) is 0 Å². The highest BCUT2D eigenvalue weighted by atomic mass is 16.5. The van der Waals surface area contributed by atoms with Crippen molar-refractivity contribution in [3.05, 3.63) is 60.2 Å². The molecule has 1 aliphatic carbocycles. The lowest BCUT2D eigenvalue weighted by Gasteiger charge is -2.49. The van der Waals surface area contributed by atoms with E-state index in [2.05, 4.69) is 5.32 Å². The van der Waals surface area contributed by atoms with Crippen molar-refractivity contribution in [2.45, 2.75) is 50.1 Å². The van der Waals surface area contributed by atoms with Crippen LogP contribution in [-0.2, 0) is 9.59 Å². The van der Waals surface area contributed by atoms with Gasteiger partial charge in [-0.15, -0.1) is 0 Å². The highest BCUT2D eigenvalue weighted by Gasteiger charge is 2.56. The average Bonchev–Trinajstić information content (AvgIpc) is 2.82. The molecule has 32 heavy (non-hydrogen) atoms. The van der Waals surface area contributed by atoms with Gasteiger partial charge in [0.25, 0.3) is 5.91 Å². The van der Waals surface area contributed by atoms with Gasteiger partial charge < -0.3 is 14.8 Å². The van der Waals surface area contributed by atoms with Crippen LogP contribution in [0.3, 0.4) is 0 Å². The zero-order valence-electron chi connectivity index (χ0n) is 18.7. The van der Waals surface area contributed by atoms with Gasteiger partial charge in [0.1, 0.15) is 11.5 Å². The number of carbonyl (C=O) groups is 2. The van der Waals surface area contributed by atoms with Crippen LogP contribution in [0.1, 0.15) is 44.1 Å². The van der Waals surface area contributed by atoms with E-state index in [1.165, 1.54) is 6.42 Å². The zero-order valence-corrected chi connectivity index (χ0v) is 18.7. The second-order valence-corrected chi connectivity index (χ2v) is 8.41. The Bertz CT molecular complexity index is 995. The van der Waals surface area contributed by atoms with E-state index < -0.39 is 5.54 Å². The number of benzene rings is 2. The van der Waals surface area contributed by atoms with E-state index in [1.807, 2.05) is 48.6 Å². The number of anilines is 1. The maximum Gasteiger partial charge on any atom is 0.251 e. The lowest BCUT2D eigenvalue weighted by Crippen LogP contribution is -2.70. The Labute approximate surface area is 189 Å². The maximum absolute atomic E-state index is 13.6. The third-order valence-electron chi connectivity index (χ3n) is 6.41. The van der Waals surface area contributed by atoms with E-state index in [0.29, 0.717) is 17.2 Å². The molecule has 1 atom stereocenters. The standard InChI is InChI=1S/C26H30N2O4/c1-31-22-14-12-21(13-15-22)28-24(29)18-26(28,25(30)27-20-9-4-3-5-10-20)17-16-19-8-6-7-11-23(19)32-2/h6-8,11-17,20H,3-5,9-10,18H2,1-2H3,(H,27,30)/b17-16+. The van der Waals surface area contributed by atoms with Crippen LogP contribution < -0.4 is 19.7 Å². The van der Waals surface area contributed by atoms with Gasteiger partial charge in [-0.2, -0.15) is 0 Å². The Morgan fingerprint density at radius 3 is 2.41 bits per heavy atom. The van der Waals surface area contributed by atoms with E-state index in [9.17, 15) is 9.59 Å². The number of nitrogens with one attached hydrogen (secondary N) is 1. The lowest BCUT2D eigenvalue weighted by molar-refractivity contribution is -0.137. The van der Waals surface area contributed by atoms with Crippen LogP contribution in [0.5, 0.6) is 11.5 Å². The van der Waals surface area contributed by atoms with Crippen molar-refractivity contribution in [3.63, 3.8) is 0 Å². The molecule has 4 rings (SSSR count). The predicted octanol–water partition coefficient (Wildman–Crippen LogP) is 4.34. The van der Waals surface area contributed by atoms with E-state index in [0.717, 1.165) is 31.2 Å². The maximum atomic E-state index is 13.6. The zero-order chi connectivity index (χ0) is 22.6. The van der Waals surface area contributed by atoms with Crippen molar-refractivity contribution in [2.75, 3.05) is 19.1 Å². The molecule has 1 N–H and O–H groups in total. The van der Waals surface area contributed by atoms with Gasteiger partial charge >= 0.3 is 0 Å². The molecule has 2 aromatic carbocycles. The Morgan fingerprint density at radius 1 is 1.03 bits per heavy atom. The van der Waals surface area contributed by atoms with Crippen LogP contribution in [0.15, 0.2) is 54.6 Å². The van der Waals surface area contributed by atoms with E-state index in [-0.39, 0.29) is 24.3 Å². The van der Waals surface area contributed by atoms with Crippen molar-refractivity contribution in [1.82, 2.24) is 5.32 Å². The molecular formula is C26H30N2O4. The first kappa shape index (κ1) is 21.9. The molecule has 1 unspecified atom stereocenters. The molecule has 2 aliphatic rings. The van der Waals surface area contributed by atoms with Gasteiger partial charge in [-0.1, -0.05) is 43.5 Å². The second-order valence-electron chi connectivity index (χ2n) is 8.41. The number of nitrogens with zero attached hydrogens (tertiary/aromatic N) is 1. The number of rotatable bonds is 7. The van der Waals surface area contributed by atoms with Crippen molar-refractivity contribution in [2.24, 2.45) is 0 Å². The average molecular weight is 435 g/mol. The fourth-order valence-corrected chi connectivity index (χ4v) is 4.61. The van der Waals surface area contributed by atoms with Crippen LogP contribution >= 0.6 is 0 Å². The number of hydrogen-bond donors (Lipinski definition) is 1.